The van der Waals surface area contributed by atoms with Gasteiger partial charge in [-0.3, -0.25) is 0 Å². The maximum Gasteiger partial charge on any atom is 0.410 e. The summed E-state index contributed by atoms with van der Waals surface area (Å²) in [5.74, 6) is 1.56. The molecule has 1 aliphatic heterocycles. The highest BCUT2D eigenvalue weighted by Gasteiger charge is 2.32. The van der Waals surface area contributed by atoms with Crippen LogP contribution < -0.4 is 15.2 Å². The molecule has 1 aromatic rings. The van der Waals surface area contributed by atoms with Crippen molar-refractivity contribution >= 4 is 6.09 Å². The summed E-state index contributed by atoms with van der Waals surface area (Å²) in [5.41, 5.74) is 6.95. The molecule has 0 aromatic heterocycles. The van der Waals surface area contributed by atoms with Gasteiger partial charge in [-0.15, -0.1) is 0 Å². The quantitative estimate of drug-likeness (QED) is 0.919. The van der Waals surface area contributed by atoms with E-state index in [0.29, 0.717) is 24.6 Å². The summed E-state index contributed by atoms with van der Waals surface area (Å²) >= 11 is 0. The Hall–Kier alpha value is -1.95. The first-order chi connectivity index (χ1) is 11.2. The van der Waals surface area contributed by atoms with E-state index in [2.05, 4.69) is 0 Å². The Morgan fingerprint density at radius 2 is 1.88 bits per heavy atom. The molecular formula is C18H28N2O4. The average Bonchev–Trinajstić information content (AvgIpc) is 2.52. The van der Waals surface area contributed by atoms with Gasteiger partial charge in [-0.2, -0.15) is 0 Å². The molecule has 1 fully saturated rings. The molecule has 1 heterocycles. The van der Waals surface area contributed by atoms with Crippen molar-refractivity contribution in [1.82, 2.24) is 4.90 Å². The molecule has 2 N–H and O–H groups in total. The van der Waals surface area contributed by atoms with Gasteiger partial charge >= 0.3 is 6.09 Å². The van der Waals surface area contributed by atoms with Gasteiger partial charge in [-0.25, -0.2) is 4.79 Å². The molecule has 2 atom stereocenters. The molecule has 0 unspecified atom stereocenters. The lowest BCUT2D eigenvalue weighted by molar-refractivity contribution is 0.0186. The van der Waals surface area contributed by atoms with Gasteiger partial charge < -0.3 is 24.8 Å². The van der Waals surface area contributed by atoms with E-state index in [1.807, 2.05) is 39.0 Å². The van der Waals surface area contributed by atoms with E-state index in [4.69, 9.17) is 19.9 Å². The molecule has 2 rings (SSSR count). The third-order valence-corrected chi connectivity index (χ3v) is 4.15. The molecule has 0 bridgehead atoms. The number of carbonyl (C=O) groups excluding carboxylic acids is 1. The van der Waals surface area contributed by atoms with Crippen LogP contribution in [0.1, 0.15) is 38.7 Å². The molecule has 1 aliphatic rings. The second kappa shape index (κ2) is 7.30. The zero-order valence-electron chi connectivity index (χ0n) is 15.2. The van der Waals surface area contributed by atoms with E-state index in [1.165, 1.54) is 0 Å². The Bertz CT molecular complexity index is 583. The highest BCUT2D eigenvalue weighted by molar-refractivity contribution is 5.68. The van der Waals surface area contributed by atoms with E-state index in [-0.39, 0.29) is 18.1 Å². The molecule has 24 heavy (non-hydrogen) atoms. The van der Waals surface area contributed by atoms with E-state index < -0.39 is 5.60 Å². The number of nitrogens with two attached hydrogens (primary N) is 1. The molecule has 0 saturated carbocycles. The van der Waals surface area contributed by atoms with Crippen LogP contribution >= 0.6 is 0 Å². The molecular weight excluding hydrogens is 308 g/mol. The predicted octanol–water partition coefficient (Wildman–Crippen LogP) is 2.76. The van der Waals surface area contributed by atoms with Crippen molar-refractivity contribution in [3.63, 3.8) is 0 Å². The molecule has 6 nitrogen and oxygen atoms in total. The van der Waals surface area contributed by atoms with Crippen molar-refractivity contribution in [1.29, 1.82) is 0 Å². The first kappa shape index (κ1) is 18.4. The van der Waals surface area contributed by atoms with Crippen molar-refractivity contribution in [2.24, 2.45) is 5.73 Å². The standard InChI is InChI=1S/C18H28N2O4/c1-18(2,3)24-17(21)20-9-8-13(14(19)11-20)12-6-7-15(22-4)16(10-12)23-5/h6-7,10,13-14H,8-9,11,19H2,1-5H3/t13-,14+/m0/s1. The number of likely N-dealkylation sites (tertiary alicyclic amines) is 1. The van der Waals surface area contributed by atoms with Gasteiger partial charge in [0.2, 0.25) is 0 Å². The van der Waals surface area contributed by atoms with E-state index in [0.717, 1.165) is 12.0 Å². The van der Waals surface area contributed by atoms with Gasteiger partial charge in [0.05, 0.1) is 14.2 Å². The van der Waals surface area contributed by atoms with Gasteiger partial charge in [0.15, 0.2) is 11.5 Å². The van der Waals surface area contributed by atoms with Crippen molar-refractivity contribution < 1.29 is 19.0 Å². The van der Waals surface area contributed by atoms with Crippen LogP contribution in [0.25, 0.3) is 0 Å². The number of hydrogen-bond donors (Lipinski definition) is 1. The van der Waals surface area contributed by atoms with Crippen LogP contribution in [0.2, 0.25) is 0 Å². The Morgan fingerprint density at radius 3 is 2.42 bits per heavy atom. The zero-order chi connectivity index (χ0) is 17.9. The monoisotopic (exact) mass is 336 g/mol. The number of methoxy groups -OCH3 is 2. The van der Waals surface area contributed by atoms with Crippen molar-refractivity contribution in [2.75, 3.05) is 27.3 Å². The second-order valence-corrected chi connectivity index (χ2v) is 7.10. The number of piperidine rings is 1. The predicted molar refractivity (Wildman–Crippen MR) is 92.7 cm³/mol. The fourth-order valence-corrected chi connectivity index (χ4v) is 2.97. The van der Waals surface area contributed by atoms with Gasteiger partial charge in [-0.1, -0.05) is 6.07 Å². The van der Waals surface area contributed by atoms with Gasteiger partial charge in [0.1, 0.15) is 5.60 Å². The minimum atomic E-state index is -0.499. The number of rotatable bonds is 3. The average molecular weight is 336 g/mol. The zero-order valence-corrected chi connectivity index (χ0v) is 15.2. The second-order valence-electron chi connectivity index (χ2n) is 7.10. The molecule has 0 spiro atoms. The van der Waals surface area contributed by atoms with Crippen molar-refractivity contribution in [3.8, 4) is 11.5 Å². The Labute approximate surface area is 143 Å². The minimum absolute atomic E-state index is 0.149. The third kappa shape index (κ3) is 4.32. The van der Waals surface area contributed by atoms with Crippen LogP contribution in [-0.2, 0) is 4.74 Å². The summed E-state index contributed by atoms with van der Waals surface area (Å²) in [4.78, 5) is 13.9. The number of nitrogens with zero attached hydrogens (tertiary/aromatic N) is 1. The van der Waals surface area contributed by atoms with Crippen LogP contribution in [0.4, 0.5) is 4.79 Å². The molecule has 1 amide bonds. The number of benzene rings is 1. The van der Waals surface area contributed by atoms with Gasteiger partial charge in [0, 0.05) is 25.0 Å². The van der Waals surface area contributed by atoms with Crippen molar-refractivity contribution in [3.05, 3.63) is 23.8 Å². The lowest BCUT2D eigenvalue weighted by Crippen LogP contribution is -2.50. The summed E-state index contributed by atoms with van der Waals surface area (Å²) in [6.07, 6.45) is 0.485. The van der Waals surface area contributed by atoms with Gasteiger partial charge in [-0.05, 0) is 44.9 Å². The lowest BCUT2D eigenvalue weighted by atomic mass is 9.85. The highest BCUT2D eigenvalue weighted by Crippen LogP contribution is 2.34. The summed E-state index contributed by atoms with van der Waals surface area (Å²) in [7, 11) is 3.23. The fraction of sp³-hybridized carbons (Fsp3) is 0.611. The first-order valence-electron chi connectivity index (χ1n) is 8.20. The highest BCUT2D eigenvalue weighted by atomic mass is 16.6. The van der Waals surface area contributed by atoms with Crippen LogP contribution in [0.15, 0.2) is 18.2 Å². The fourth-order valence-electron chi connectivity index (χ4n) is 2.97. The number of ether oxygens (including phenoxy) is 3. The third-order valence-electron chi connectivity index (χ3n) is 4.15. The lowest BCUT2D eigenvalue weighted by Gasteiger charge is -2.37. The molecule has 1 saturated heterocycles. The molecule has 134 valence electrons. The normalized spacial score (nSPS) is 21.3. The smallest absolute Gasteiger partial charge is 0.410 e. The van der Waals surface area contributed by atoms with Crippen molar-refractivity contribution in [2.45, 2.75) is 44.8 Å². The van der Waals surface area contributed by atoms with E-state index in [9.17, 15) is 4.79 Å². The summed E-state index contributed by atoms with van der Waals surface area (Å²) in [5, 5.41) is 0. The Kier molecular flexibility index (Phi) is 5.59. The Morgan fingerprint density at radius 1 is 1.21 bits per heavy atom. The summed E-state index contributed by atoms with van der Waals surface area (Å²) < 4.78 is 16.1. The first-order valence-corrected chi connectivity index (χ1v) is 8.20. The number of amides is 1. The molecule has 0 radical (unpaired) electrons. The minimum Gasteiger partial charge on any atom is -0.493 e. The van der Waals surface area contributed by atoms with Crippen LogP contribution in [-0.4, -0.2) is 49.9 Å². The number of hydrogen-bond acceptors (Lipinski definition) is 5. The van der Waals surface area contributed by atoms with Gasteiger partial charge in [0.25, 0.3) is 0 Å². The van der Waals surface area contributed by atoms with E-state index >= 15 is 0 Å². The Balaban J connectivity index is 2.07. The van der Waals surface area contributed by atoms with E-state index in [1.54, 1.807) is 19.1 Å². The molecule has 1 aromatic carbocycles. The SMILES string of the molecule is COc1ccc([C@@H]2CCN(C(=O)OC(C)(C)C)C[C@H]2N)cc1OC. The maximum absolute atomic E-state index is 12.2. The van der Waals surface area contributed by atoms with Crippen LogP contribution in [0.3, 0.4) is 0 Å². The largest absolute Gasteiger partial charge is 0.493 e. The maximum atomic E-state index is 12.2. The number of carbonyl (C=O) groups is 1. The van der Waals surface area contributed by atoms with Crippen LogP contribution in [0, 0.1) is 0 Å². The summed E-state index contributed by atoms with van der Waals surface area (Å²) in [6.45, 7) is 6.69. The summed E-state index contributed by atoms with van der Waals surface area (Å²) in [6, 6.07) is 5.71. The molecule has 0 aliphatic carbocycles. The topological polar surface area (TPSA) is 74.0 Å². The van der Waals surface area contributed by atoms with Crippen LogP contribution in [0.5, 0.6) is 11.5 Å². The molecule has 6 heteroatoms.